The largest absolute Gasteiger partial charge is 0.494 e. The van der Waals surface area contributed by atoms with E-state index in [4.69, 9.17) is 4.74 Å². The number of nitrogens with one attached hydrogen (secondary N) is 2. The fourth-order valence-corrected chi connectivity index (χ4v) is 4.67. The van der Waals surface area contributed by atoms with E-state index in [1.165, 1.54) is 29.5 Å². The number of hydrogen-bond acceptors (Lipinski definition) is 10. The van der Waals surface area contributed by atoms with Crippen LogP contribution in [0.1, 0.15) is 5.56 Å². The van der Waals surface area contributed by atoms with Gasteiger partial charge in [0.1, 0.15) is 22.3 Å². The second kappa shape index (κ2) is 12.6. The number of aryl methyl sites for hydroxylation is 1. The predicted octanol–water partition coefficient (Wildman–Crippen LogP) is 4.98. The Morgan fingerprint density at radius 2 is 1.88 bits per heavy atom. The highest BCUT2D eigenvalue weighted by Crippen LogP contribution is 2.38. The molecule has 0 aliphatic rings. The molecule has 0 spiro atoms. The van der Waals surface area contributed by atoms with Gasteiger partial charge in [-0.25, -0.2) is 14.4 Å². The minimum atomic E-state index is -0.336. The zero-order chi connectivity index (χ0) is 28.8. The molecule has 4 aromatic rings. The molecule has 0 fully saturated rings. The molecule has 208 valence electrons. The van der Waals surface area contributed by atoms with Gasteiger partial charge in [0.2, 0.25) is 11.9 Å². The highest BCUT2D eigenvalue weighted by atomic mass is 32.1. The molecule has 4 rings (SSSR count). The number of rotatable bonds is 11. The van der Waals surface area contributed by atoms with Gasteiger partial charge in [-0.2, -0.15) is 0 Å². The van der Waals surface area contributed by atoms with Crippen molar-refractivity contribution in [2.45, 2.75) is 6.92 Å². The van der Waals surface area contributed by atoms with E-state index < -0.39 is 0 Å². The smallest absolute Gasteiger partial charge is 0.247 e. The summed E-state index contributed by atoms with van der Waals surface area (Å²) in [5, 5.41) is 15.7. The number of likely N-dealkylation sites (N-methyl/N-ethyl adjacent to an activating group) is 2. The highest BCUT2D eigenvalue weighted by Gasteiger charge is 2.17. The topological polar surface area (TPSA) is 108 Å². The van der Waals surface area contributed by atoms with Crippen LogP contribution in [0.3, 0.4) is 0 Å². The molecule has 0 saturated carbocycles. The Labute approximate surface area is 236 Å². The van der Waals surface area contributed by atoms with Gasteiger partial charge in [-0.15, -0.1) is 10.2 Å². The molecular formula is C28H31FN8O2S. The van der Waals surface area contributed by atoms with Crippen LogP contribution < -0.4 is 20.3 Å². The summed E-state index contributed by atoms with van der Waals surface area (Å²) >= 11 is 1.31. The molecule has 10 nitrogen and oxygen atoms in total. The second-order valence-corrected chi connectivity index (χ2v) is 10.3. The molecule has 2 aromatic heterocycles. The minimum absolute atomic E-state index is 0.295. The van der Waals surface area contributed by atoms with Crippen LogP contribution in [0.25, 0.3) is 21.3 Å². The summed E-state index contributed by atoms with van der Waals surface area (Å²) in [7, 11) is 7.52. The lowest BCUT2D eigenvalue weighted by atomic mass is 10.1. The van der Waals surface area contributed by atoms with E-state index in [1.807, 2.05) is 45.1 Å². The Morgan fingerprint density at radius 3 is 2.58 bits per heavy atom. The van der Waals surface area contributed by atoms with Crippen molar-refractivity contribution in [3.8, 4) is 27.0 Å². The molecule has 0 radical (unpaired) electrons. The number of methoxy groups -OCH3 is 1. The van der Waals surface area contributed by atoms with E-state index in [9.17, 15) is 9.18 Å². The maximum Gasteiger partial charge on any atom is 0.247 e. The summed E-state index contributed by atoms with van der Waals surface area (Å²) in [4.78, 5) is 25.3. The Bertz CT molecular complexity index is 1500. The molecule has 0 atom stereocenters. The summed E-state index contributed by atoms with van der Waals surface area (Å²) in [6.45, 7) is 6.93. The van der Waals surface area contributed by atoms with E-state index >= 15 is 0 Å². The van der Waals surface area contributed by atoms with E-state index in [-0.39, 0.29) is 11.7 Å². The van der Waals surface area contributed by atoms with Crippen LogP contribution in [0.4, 0.5) is 27.4 Å². The standard InChI is InChI=1S/C28H31FN8O2S/c1-7-25(38)31-21-15-22(24(39-6)16-23(21)37(5)11-10-36(3)4)33-28-30-9-8-20(32-28)27-35-34-26(40-27)18-12-17(2)13-19(29)14-18/h7-9,12-16H,1,10-11H2,2-6H3,(H,31,38)(H,30,32,33). The van der Waals surface area contributed by atoms with Gasteiger partial charge in [-0.1, -0.05) is 17.9 Å². The van der Waals surface area contributed by atoms with E-state index in [0.29, 0.717) is 44.3 Å². The first kappa shape index (κ1) is 28.6. The van der Waals surface area contributed by atoms with Gasteiger partial charge in [-0.3, -0.25) is 4.79 Å². The summed E-state index contributed by atoms with van der Waals surface area (Å²) in [5.74, 6) is 0.172. The van der Waals surface area contributed by atoms with Crippen molar-refractivity contribution in [2.24, 2.45) is 0 Å². The SMILES string of the molecule is C=CC(=O)Nc1cc(Nc2nccc(-c3nnc(-c4cc(C)cc(F)c4)s3)n2)c(OC)cc1N(C)CCN(C)C. The normalized spacial score (nSPS) is 10.9. The van der Waals surface area contributed by atoms with Crippen molar-refractivity contribution in [2.75, 3.05) is 56.9 Å². The number of anilines is 4. The molecule has 0 aliphatic carbocycles. The Kier molecular flexibility index (Phi) is 9.02. The fraction of sp³-hybridized carbons (Fsp3) is 0.250. The summed E-state index contributed by atoms with van der Waals surface area (Å²) in [6.07, 6.45) is 2.82. The molecule has 12 heteroatoms. The fourth-order valence-electron chi connectivity index (χ4n) is 3.87. The lowest BCUT2D eigenvalue weighted by molar-refractivity contribution is -0.111. The maximum atomic E-state index is 13.9. The lowest BCUT2D eigenvalue weighted by Gasteiger charge is -2.26. The molecular weight excluding hydrogens is 531 g/mol. The third kappa shape index (κ3) is 6.96. The van der Waals surface area contributed by atoms with E-state index in [2.05, 4.69) is 42.3 Å². The van der Waals surface area contributed by atoms with Gasteiger partial charge < -0.3 is 25.2 Å². The molecule has 2 aromatic carbocycles. The molecule has 0 bridgehead atoms. The van der Waals surface area contributed by atoms with Gasteiger partial charge in [0, 0.05) is 38.0 Å². The monoisotopic (exact) mass is 562 g/mol. The zero-order valence-corrected chi connectivity index (χ0v) is 23.8. The molecule has 2 N–H and O–H groups in total. The number of nitrogens with zero attached hydrogens (tertiary/aromatic N) is 6. The Balaban J connectivity index is 1.64. The lowest BCUT2D eigenvalue weighted by Crippen LogP contribution is -2.29. The molecule has 2 heterocycles. The summed E-state index contributed by atoms with van der Waals surface area (Å²) in [6, 6.07) is 10.1. The number of hydrogen-bond donors (Lipinski definition) is 2. The number of amides is 1. The van der Waals surface area contributed by atoms with Gasteiger partial charge in [0.15, 0.2) is 5.01 Å². The van der Waals surface area contributed by atoms with Crippen molar-refractivity contribution in [1.82, 2.24) is 25.1 Å². The van der Waals surface area contributed by atoms with Crippen molar-refractivity contribution < 1.29 is 13.9 Å². The van der Waals surface area contributed by atoms with E-state index in [1.54, 1.807) is 25.4 Å². The number of benzene rings is 2. The number of carbonyl (C=O) groups excluding carboxylic acids is 1. The van der Waals surface area contributed by atoms with Gasteiger partial charge in [-0.05, 0) is 63.0 Å². The second-order valence-electron chi connectivity index (χ2n) is 9.31. The third-order valence-corrected chi connectivity index (χ3v) is 6.89. The maximum absolute atomic E-state index is 13.9. The van der Waals surface area contributed by atoms with Crippen molar-refractivity contribution >= 4 is 40.3 Å². The van der Waals surface area contributed by atoms with Gasteiger partial charge >= 0.3 is 0 Å². The van der Waals surface area contributed by atoms with Crippen LogP contribution >= 0.6 is 11.3 Å². The van der Waals surface area contributed by atoms with Crippen molar-refractivity contribution in [3.05, 3.63) is 66.6 Å². The van der Waals surface area contributed by atoms with Crippen LogP contribution in [-0.2, 0) is 4.79 Å². The summed E-state index contributed by atoms with van der Waals surface area (Å²) in [5.41, 5.74) is 3.91. The van der Waals surface area contributed by atoms with Crippen molar-refractivity contribution in [3.63, 3.8) is 0 Å². The van der Waals surface area contributed by atoms with Crippen LogP contribution in [0.15, 0.2) is 55.3 Å². The number of halogens is 1. The first-order valence-corrected chi connectivity index (χ1v) is 13.2. The van der Waals surface area contributed by atoms with Gasteiger partial charge in [0.05, 0.1) is 24.2 Å². The van der Waals surface area contributed by atoms with Gasteiger partial charge in [0.25, 0.3) is 0 Å². The average molecular weight is 563 g/mol. The highest BCUT2D eigenvalue weighted by molar-refractivity contribution is 7.17. The Morgan fingerprint density at radius 1 is 1.10 bits per heavy atom. The first-order valence-electron chi connectivity index (χ1n) is 12.4. The van der Waals surface area contributed by atoms with Crippen LogP contribution in [0.2, 0.25) is 0 Å². The average Bonchev–Trinajstić information content (AvgIpc) is 3.42. The molecule has 40 heavy (non-hydrogen) atoms. The van der Waals surface area contributed by atoms with Crippen molar-refractivity contribution in [1.29, 1.82) is 0 Å². The zero-order valence-electron chi connectivity index (χ0n) is 23.0. The molecule has 0 unspecified atom stereocenters. The molecule has 0 aliphatic heterocycles. The van der Waals surface area contributed by atoms with Crippen LogP contribution in [0.5, 0.6) is 5.75 Å². The van der Waals surface area contributed by atoms with E-state index in [0.717, 1.165) is 24.3 Å². The minimum Gasteiger partial charge on any atom is -0.494 e. The molecule has 1 amide bonds. The first-order chi connectivity index (χ1) is 19.2. The number of ether oxygens (including phenoxy) is 1. The summed E-state index contributed by atoms with van der Waals surface area (Å²) < 4.78 is 19.6. The number of aromatic nitrogens is 4. The number of carbonyl (C=O) groups is 1. The quantitative estimate of drug-likeness (QED) is 0.245. The third-order valence-electron chi connectivity index (χ3n) is 5.89. The van der Waals surface area contributed by atoms with Crippen LogP contribution in [-0.4, -0.2) is 72.3 Å². The van der Waals surface area contributed by atoms with Crippen LogP contribution in [0, 0.1) is 12.7 Å². The molecule has 0 saturated heterocycles. The Hall–Kier alpha value is -4.42. The predicted molar refractivity (Wildman–Crippen MR) is 158 cm³/mol.